The lowest BCUT2D eigenvalue weighted by atomic mass is 10.0. The van der Waals surface area contributed by atoms with Gasteiger partial charge in [-0.3, -0.25) is 9.69 Å². The van der Waals surface area contributed by atoms with Gasteiger partial charge >= 0.3 is 0 Å². The molecule has 3 rings (SSSR count). The fourth-order valence-corrected chi connectivity index (χ4v) is 3.89. The molecule has 0 saturated carbocycles. The van der Waals surface area contributed by atoms with Crippen LogP contribution < -0.4 is 10.6 Å². The molecule has 2 aromatic heterocycles. The van der Waals surface area contributed by atoms with Crippen molar-refractivity contribution < 1.29 is 4.79 Å². The van der Waals surface area contributed by atoms with Gasteiger partial charge in [0.2, 0.25) is 5.91 Å². The van der Waals surface area contributed by atoms with Gasteiger partial charge in [-0.05, 0) is 32.3 Å². The number of nitrogens with zero attached hydrogens (tertiary/aromatic N) is 3. The summed E-state index contributed by atoms with van der Waals surface area (Å²) < 4.78 is 0. The van der Waals surface area contributed by atoms with Crippen LogP contribution in [0.3, 0.4) is 0 Å². The van der Waals surface area contributed by atoms with Crippen LogP contribution in [0.1, 0.15) is 31.1 Å². The summed E-state index contributed by atoms with van der Waals surface area (Å²) in [4.78, 5) is 25.1. The van der Waals surface area contributed by atoms with Crippen LogP contribution in [0, 0.1) is 6.92 Å². The van der Waals surface area contributed by atoms with Gasteiger partial charge in [0.25, 0.3) is 0 Å². The zero-order valence-corrected chi connectivity index (χ0v) is 15.2. The molecule has 7 heteroatoms. The molecule has 0 unspecified atom stereocenters. The molecule has 0 radical (unpaired) electrons. The molecule has 1 amide bonds. The van der Waals surface area contributed by atoms with E-state index >= 15 is 0 Å². The minimum absolute atomic E-state index is 0.134. The van der Waals surface area contributed by atoms with E-state index in [1.165, 1.54) is 4.88 Å². The summed E-state index contributed by atoms with van der Waals surface area (Å²) >= 11 is 1.70. The van der Waals surface area contributed by atoms with E-state index in [9.17, 15) is 4.79 Å². The lowest BCUT2D eigenvalue weighted by molar-refractivity contribution is -0.122. The topological polar surface area (TPSA) is 70.2 Å². The molecule has 1 aliphatic heterocycles. The summed E-state index contributed by atoms with van der Waals surface area (Å²) in [5.41, 5.74) is 0. The van der Waals surface area contributed by atoms with Crippen LogP contribution in [-0.4, -0.2) is 53.0 Å². The quantitative estimate of drug-likeness (QED) is 0.840. The summed E-state index contributed by atoms with van der Waals surface area (Å²) in [6, 6.07) is 2.55. The predicted octanol–water partition coefficient (Wildman–Crippen LogP) is 2.40. The molecule has 3 heterocycles. The Morgan fingerprint density at radius 1 is 1.38 bits per heavy atom. The van der Waals surface area contributed by atoms with Crippen LogP contribution in [0.5, 0.6) is 0 Å². The molecule has 0 bridgehead atoms. The van der Waals surface area contributed by atoms with E-state index in [0.29, 0.717) is 12.6 Å². The molecular formula is C17H25N5OS. The Bertz CT molecular complexity index is 693. The number of likely N-dealkylation sites (tertiary alicyclic amines) is 1. The average molecular weight is 347 g/mol. The van der Waals surface area contributed by atoms with Gasteiger partial charge in [-0.2, -0.15) is 0 Å². The highest BCUT2D eigenvalue weighted by molar-refractivity contribution is 7.18. The fourth-order valence-electron chi connectivity index (χ4n) is 3.04. The van der Waals surface area contributed by atoms with E-state index in [2.05, 4.69) is 45.4 Å². The lowest BCUT2D eigenvalue weighted by Crippen LogP contribution is -2.44. The molecule has 0 atom stereocenters. The van der Waals surface area contributed by atoms with E-state index in [1.54, 1.807) is 17.7 Å². The number of amides is 1. The molecule has 1 fully saturated rings. The molecule has 2 aromatic rings. The van der Waals surface area contributed by atoms with Gasteiger partial charge < -0.3 is 10.6 Å². The number of nitrogens with one attached hydrogen (secondary N) is 2. The maximum atomic E-state index is 11.8. The second-order valence-electron chi connectivity index (χ2n) is 6.34. The molecule has 130 valence electrons. The standard InChI is InChI=1S/C17H25N5OS/c1-3-6-18-15(23)10-22-7-4-13(5-8-22)21-16-14-9-12(2)24-17(14)20-11-19-16/h9,11,13H,3-8,10H2,1-2H3,(H,18,23)(H,19,20,21). The van der Waals surface area contributed by atoms with Crippen LogP contribution in [0.2, 0.25) is 0 Å². The number of carbonyl (C=O) groups is 1. The highest BCUT2D eigenvalue weighted by atomic mass is 32.1. The van der Waals surface area contributed by atoms with Crippen LogP contribution in [0.25, 0.3) is 10.2 Å². The molecule has 0 aliphatic carbocycles. The van der Waals surface area contributed by atoms with Crippen molar-refractivity contribution in [3.63, 3.8) is 0 Å². The second-order valence-corrected chi connectivity index (χ2v) is 7.58. The normalized spacial score (nSPS) is 16.4. The Kier molecular flexibility index (Phi) is 5.63. The zero-order valence-electron chi connectivity index (χ0n) is 14.3. The number of aryl methyl sites for hydroxylation is 1. The first-order chi connectivity index (χ1) is 11.7. The van der Waals surface area contributed by atoms with E-state index in [1.807, 2.05) is 0 Å². The van der Waals surface area contributed by atoms with Crippen molar-refractivity contribution in [3.05, 3.63) is 17.3 Å². The second kappa shape index (κ2) is 7.90. The summed E-state index contributed by atoms with van der Waals surface area (Å²) in [6.07, 6.45) is 4.66. The third kappa shape index (κ3) is 4.21. The maximum Gasteiger partial charge on any atom is 0.234 e. The van der Waals surface area contributed by atoms with E-state index < -0.39 is 0 Å². The third-order valence-electron chi connectivity index (χ3n) is 4.32. The molecule has 6 nitrogen and oxygen atoms in total. The van der Waals surface area contributed by atoms with Crippen molar-refractivity contribution in [1.29, 1.82) is 0 Å². The van der Waals surface area contributed by atoms with Crippen LogP contribution in [0.15, 0.2) is 12.4 Å². The molecule has 0 spiro atoms. The van der Waals surface area contributed by atoms with Crippen molar-refractivity contribution in [2.75, 3.05) is 31.5 Å². The van der Waals surface area contributed by atoms with Crippen LogP contribution in [-0.2, 0) is 4.79 Å². The Hall–Kier alpha value is -1.73. The molecule has 1 aliphatic rings. The first kappa shape index (κ1) is 17.1. The SMILES string of the molecule is CCCNC(=O)CN1CCC(Nc2ncnc3sc(C)cc23)CC1. The summed E-state index contributed by atoms with van der Waals surface area (Å²) in [6.45, 7) is 7.31. The Morgan fingerprint density at radius 3 is 2.92 bits per heavy atom. The number of carbonyl (C=O) groups excluding carboxylic acids is 1. The zero-order chi connectivity index (χ0) is 16.9. The average Bonchev–Trinajstić information content (AvgIpc) is 2.96. The van der Waals surface area contributed by atoms with Crippen LogP contribution >= 0.6 is 11.3 Å². The number of anilines is 1. The van der Waals surface area contributed by atoms with Crippen molar-refractivity contribution in [2.24, 2.45) is 0 Å². The summed E-state index contributed by atoms with van der Waals surface area (Å²) in [5.74, 6) is 1.07. The highest BCUT2D eigenvalue weighted by Gasteiger charge is 2.21. The van der Waals surface area contributed by atoms with Gasteiger partial charge in [-0.1, -0.05) is 6.92 Å². The minimum Gasteiger partial charge on any atom is -0.367 e. The van der Waals surface area contributed by atoms with E-state index in [0.717, 1.165) is 54.9 Å². The van der Waals surface area contributed by atoms with Crippen molar-refractivity contribution in [2.45, 2.75) is 39.2 Å². The predicted molar refractivity (Wildman–Crippen MR) is 98.5 cm³/mol. The van der Waals surface area contributed by atoms with E-state index in [4.69, 9.17) is 0 Å². The van der Waals surface area contributed by atoms with Gasteiger partial charge in [0.1, 0.15) is 17.0 Å². The Morgan fingerprint density at radius 2 is 2.17 bits per heavy atom. The van der Waals surface area contributed by atoms with Crippen molar-refractivity contribution in [1.82, 2.24) is 20.2 Å². The number of rotatable bonds is 6. The number of piperidine rings is 1. The number of hydrogen-bond acceptors (Lipinski definition) is 6. The van der Waals surface area contributed by atoms with Crippen molar-refractivity contribution >= 4 is 33.3 Å². The first-order valence-electron chi connectivity index (χ1n) is 8.62. The maximum absolute atomic E-state index is 11.8. The number of hydrogen-bond donors (Lipinski definition) is 2. The summed E-state index contributed by atoms with van der Waals surface area (Å²) in [7, 11) is 0. The van der Waals surface area contributed by atoms with Crippen LogP contribution in [0.4, 0.5) is 5.82 Å². The highest BCUT2D eigenvalue weighted by Crippen LogP contribution is 2.28. The lowest BCUT2D eigenvalue weighted by Gasteiger charge is -2.32. The third-order valence-corrected chi connectivity index (χ3v) is 5.28. The van der Waals surface area contributed by atoms with Gasteiger partial charge in [0.05, 0.1) is 11.9 Å². The first-order valence-corrected chi connectivity index (χ1v) is 9.44. The summed E-state index contributed by atoms with van der Waals surface area (Å²) in [5, 5.41) is 7.63. The monoisotopic (exact) mass is 347 g/mol. The largest absolute Gasteiger partial charge is 0.367 e. The van der Waals surface area contributed by atoms with Gasteiger partial charge in [0.15, 0.2) is 0 Å². The Labute approximate surface area is 146 Å². The molecule has 0 aromatic carbocycles. The number of fused-ring (bicyclic) bond motifs is 1. The van der Waals surface area contributed by atoms with Crippen molar-refractivity contribution in [3.8, 4) is 0 Å². The van der Waals surface area contributed by atoms with Gasteiger partial charge in [0, 0.05) is 30.6 Å². The number of thiophene rings is 1. The Balaban J connectivity index is 1.52. The molecular weight excluding hydrogens is 322 g/mol. The molecule has 1 saturated heterocycles. The fraction of sp³-hybridized carbons (Fsp3) is 0.588. The molecule has 24 heavy (non-hydrogen) atoms. The van der Waals surface area contributed by atoms with Gasteiger partial charge in [-0.15, -0.1) is 11.3 Å². The van der Waals surface area contributed by atoms with Gasteiger partial charge in [-0.25, -0.2) is 9.97 Å². The van der Waals surface area contributed by atoms with E-state index in [-0.39, 0.29) is 5.91 Å². The molecule has 2 N–H and O–H groups in total. The minimum atomic E-state index is 0.134. The smallest absolute Gasteiger partial charge is 0.234 e. The number of aromatic nitrogens is 2.